The van der Waals surface area contributed by atoms with Crippen LogP contribution in [0.3, 0.4) is 0 Å². The van der Waals surface area contributed by atoms with E-state index in [2.05, 4.69) is 36.4 Å². The summed E-state index contributed by atoms with van der Waals surface area (Å²) in [5, 5.41) is 0. The number of ether oxygens (including phenoxy) is 2. The van der Waals surface area contributed by atoms with E-state index < -0.39 is 11.7 Å². The lowest BCUT2D eigenvalue weighted by Gasteiger charge is -2.34. The molecule has 0 unspecified atom stereocenters. The van der Waals surface area contributed by atoms with Gasteiger partial charge in [-0.2, -0.15) is 0 Å². The first-order valence-electron chi connectivity index (χ1n) is 13.9. The minimum atomic E-state index is -0.613. The molecule has 0 fully saturated rings. The van der Waals surface area contributed by atoms with Crippen LogP contribution in [0.4, 0.5) is 4.79 Å². The van der Waals surface area contributed by atoms with Gasteiger partial charge in [-0.05, 0) is 73.6 Å². The van der Waals surface area contributed by atoms with Gasteiger partial charge in [0.25, 0.3) is 5.91 Å². The minimum absolute atomic E-state index is 0.0620. The number of carbonyl (C=O) groups excluding carboxylic acids is 2. The Morgan fingerprint density at radius 3 is 2.25 bits per heavy atom. The number of rotatable bonds is 8. The Bertz CT molecular complexity index is 1360. The number of benzene rings is 3. The van der Waals surface area contributed by atoms with Gasteiger partial charge in [0.05, 0.1) is 13.2 Å². The molecule has 0 radical (unpaired) electrons. The Hall–Kier alpha value is -3.90. The lowest BCUT2D eigenvalue weighted by Crippen LogP contribution is -2.44. The van der Waals surface area contributed by atoms with Crippen LogP contribution in [0.2, 0.25) is 0 Å². The van der Waals surface area contributed by atoms with Gasteiger partial charge in [-0.3, -0.25) is 4.79 Å². The maximum atomic E-state index is 14.2. The monoisotopic (exact) mass is 540 g/mol. The molecule has 6 nitrogen and oxygen atoms in total. The van der Waals surface area contributed by atoms with E-state index in [-0.39, 0.29) is 12.5 Å². The van der Waals surface area contributed by atoms with E-state index in [0.717, 1.165) is 33.4 Å². The fourth-order valence-electron chi connectivity index (χ4n) is 5.00. The first-order valence-corrected chi connectivity index (χ1v) is 13.9. The second-order valence-corrected chi connectivity index (χ2v) is 11.1. The molecule has 0 saturated heterocycles. The minimum Gasteiger partial charge on any atom is -0.444 e. The zero-order chi connectivity index (χ0) is 28.7. The average Bonchev–Trinajstić information content (AvgIpc) is 2.95. The molecule has 0 N–H and O–H groups in total. The summed E-state index contributed by atoms with van der Waals surface area (Å²) in [6.07, 6.45) is 0.171. The van der Waals surface area contributed by atoms with E-state index in [4.69, 9.17) is 9.47 Å². The number of hydrogen-bond donors (Lipinski definition) is 0. The average molecular weight is 541 g/mol. The van der Waals surface area contributed by atoms with Crippen LogP contribution in [-0.4, -0.2) is 54.1 Å². The van der Waals surface area contributed by atoms with Gasteiger partial charge in [-0.1, -0.05) is 72.8 Å². The summed E-state index contributed by atoms with van der Waals surface area (Å²) in [6, 6.07) is 26.7. The van der Waals surface area contributed by atoms with Gasteiger partial charge in [0, 0.05) is 32.3 Å². The summed E-state index contributed by atoms with van der Waals surface area (Å²) in [5.74, 6) is -0.0620. The second-order valence-electron chi connectivity index (χ2n) is 11.1. The highest BCUT2D eigenvalue weighted by molar-refractivity contribution is 6.02. The van der Waals surface area contributed by atoms with E-state index in [1.54, 1.807) is 12.0 Å². The van der Waals surface area contributed by atoms with Crippen LogP contribution >= 0.6 is 0 Å². The Labute approximate surface area is 238 Å². The molecule has 3 aromatic carbocycles. The fraction of sp³-hybridized carbons (Fsp3) is 0.353. The van der Waals surface area contributed by atoms with Gasteiger partial charge in [0.15, 0.2) is 0 Å². The molecule has 0 atom stereocenters. The van der Waals surface area contributed by atoms with Crippen molar-refractivity contribution >= 4 is 17.6 Å². The number of carbonyl (C=O) groups is 2. The van der Waals surface area contributed by atoms with Crippen LogP contribution in [0, 0.1) is 0 Å². The summed E-state index contributed by atoms with van der Waals surface area (Å²) in [5.41, 5.74) is 6.33. The summed E-state index contributed by atoms with van der Waals surface area (Å²) < 4.78 is 11.0. The summed E-state index contributed by atoms with van der Waals surface area (Å²) in [7, 11) is 1.68. The maximum Gasteiger partial charge on any atom is 0.410 e. The second kappa shape index (κ2) is 13.0. The molecule has 0 aromatic heterocycles. The highest BCUT2D eigenvalue weighted by Crippen LogP contribution is 2.32. The van der Waals surface area contributed by atoms with Crippen molar-refractivity contribution in [2.24, 2.45) is 0 Å². The molecule has 0 aliphatic carbocycles. The highest BCUT2D eigenvalue weighted by Gasteiger charge is 2.32. The van der Waals surface area contributed by atoms with E-state index in [9.17, 15) is 9.59 Å². The molecule has 0 spiro atoms. The molecule has 210 valence electrons. The fourth-order valence-corrected chi connectivity index (χ4v) is 5.00. The largest absolute Gasteiger partial charge is 0.444 e. The molecule has 4 rings (SSSR count). The van der Waals surface area contributed by atoms with E-state index in [1.807, 2.05) is 75.1 Å². The smallest absolute Gasteiger partial charge is 0.410 e. The van der Waals surface area contributed by atoms with Crippen LogP contribution < -0.4 is 0 Å². The molecular formula is C34H40N2O4. The lowest BCUT2D eigenvalue weighted by molar-refractivity contribution is -0.127. The lowest BCUT2D eigenvalue weighted by atomic mass is 9.90. The summed E-state index contributed by atoms with van der Waals surface area (Å²) >= 11 is 0. The standard InChI is InChI=1S/C34H40N2O4/c1-6-35(22-25-12-10-13-26(20-25)24-39-5)32(37)31-23-36(33(38)40-34(2,3)4)19-18-30(31)29-17-11-16-28(21-29)27-14-8-7-9-15-27/h7-17,20-21H,6,18-19,22-24H2,1-5H3. The Balaban J connectivity index is 1.70. The highest BCUT2D eigenvalue weighted by atomic mass is 16.6. The molecule has 40 heavy (non-hydrogen) atoms. The van der Waals surface area contributed by atoms with Gasteiger partial charge in [-0.15, -0.1) is 0 Å². The number of hydrogen-bond acceptors (Lipinski definition) is 4. The van der Waals surface area contributed by atoms with Crippen molar-refractivity contribution in [3.8, 4) is 11.1 Å². The van der Waals surface area contributed by atoms with E-state index in [0.29, 0.717) is 38.2 Å². The first-order chi connectivity index (χ1) is 19.2. The number of amides is 2. The maximum absolute atomic E-state index is 14.2. The van der Waals surface area contributed by atoms with Gasteiger partial charge in [0.2, 0.25) is 0 Å². The SMILES string of the molecule is CCN(Cc1cccc(COC)c1)C(=O)C1=C(c2cccc(-c3ccccc3)c2)CCN(C(=O)OC(C)(C)C)C1. The van der Waals surface area contributed by atoms with Crippen molar-refractivity contribution in [3.05, 3.63) is 101 Å². The number of methoxy groups -OCH3 is 1. The summed E-state index contributed by atoms with van der Waals surface area (Å²) in [4.78, 5) is 30.7. The topological polar surface area (TPSA) is 59.1 Å². The van der Waals surface area contributed by atoms with Crippen molar-refractivity contribution in [1.82, 2.24) is 9.80 Å². The normalized spacial score (nSPS) is 13.8. The zero-order valence-electron chi connectivity index (χ0n) is 24.3. The van der Waals surface area contributed by atoms with Crippen molar-refractivity contribution in [2.45, 2.75) is 52.9 Å². The zero-order valence-corrected chi connectivity index (χ0v) is 24.3. The predicted molar refractivity (Wildman–Crippen MR) is 159 cm³/mol. The predicted octanol–water partition coefficient (Wildman–Crippen LogP) is 6.94. The third kappa shape index (κ3) is 7.39. The van der Waals surface area contributed by atoms with E-state index in [1.165, 1.54) is 0 Å². The van der Waals surface area contributed by atoms with Crippen molar-refractivity contribution in [1.29, 1.82) is 0 Å². The molecule has 0 saturated carbocycles. The Morgan fingerprint density at radius 1 is 0.875 bits per heavy atom. The molecule has 2 amide bonds. The Morgan fingerprint density at radius 2 is 1.55 bits per heavy atom. The van der Waals surface area contributed by atoms with Crippen LogP contribution in [-0.2, 0) is 27.4 Å². The van der Waals surface area contributed by atoms with Crippen LogP contribution in [0.25, 0.3) is 16.7 Å². The van der Waals surface area contributed by atoms with Crippen molar-refractivity contribution < 1.29 is 19.1 Å². The van der Waals surface area contributed by atoms with Gasteiger partial charge in [0.1, 0.15) is 5.60 Å². The molecule has 0 bridgehead atoms. The van der Waals surface area contributed by atoms with Crippen LogP contribution in [0.15, 0.2) is 84.4 Å². The number of likely N-dealkylation sites (N-methyl/N-ethyl adjacent to an activating group) is 1. The number of nitrogens with zero attached hydrogens (tertiary/aromatic N) is 2. The third-order valence-electron chi connectivity index (χ3n) is 6.92. The van der Waals surface area contributed by atoms with Crippen molar-refractivity contribution in [2.75, 3.05) is 26.7 Å². The van der Waals surface area contributed by atoms with Gasteiger partial charge >= 0.3 is 6.09 Å². The molecule has 6 heteroatoms. The molecule has 1 aliphatic rings. The molecule has 3 aromatic rings. The molecule has 1 heterocycles. The molecule has 1 aliphatic heterocycles. The summed E-state index contributed by atoms with van der Waals surface area (Å²) in [6.45, 7) is 9.78. The van der Waals surface area contributed by atoms with Gasteiger partial charge < -0.3 is 19.3 Å². The van der Waals surface area contributed by atoms with E-state index >= 15 is 0 Å². The van der Waals surface area contributed by atoms with Crippen LogP contribution in [0.1, 0.15) is 50.8 Å². The molecular weight excluding hydrogens is 500 g/mol. The third-order valence-corrected chi connectivity index (χ3v) is 6.92. The first kappa shape index (κ1) is 29.1. The quantitative estimate of drug-likeness (QED) is 0.310. The van der Waals surface area contributed by atoms with Gasteiger partial charge in [-0.25, -0.2) is 4.79 Å². The van der Waals surface area contributed by atoms with Crippen molar-refractivity contribution in [3.63, 3.8) is 0 Å². The Kier molecular flexibility index (Phi) is 9.43. The van der Waals surface area contributed by atoms with Crippen LogP contribution in [0.5, 0.6) is 0 Å².